The second kappa shape index (κ2) is 5.34. The van der Waals surface area contributed by atoms with Crippen molar-refractivity contribution in [2.75, 3.05) is 4.90 Å². The maximum atomic E-state index is 5.02. The van der Waals surface area contributed by atoms with Crippen molar-refractivity contribution in [3.8, 4) is 0 Å². The summed E-state index contributed by atoms with van der Waals surface area (Å²) in [5.41, 5.74) is 3.99. The minimum Gasteiger partial charge on any atom is -0.352 e. The zero-order valence-corrected chi connectivity index (χ0v) is 13.9. The van der Waals surface area contributed by atoms with Crippen molar-refractivity contribution in [2.24, 2.45) is 0 Å². The molecule has 0 amide bonds. The van der Waals surface area contributed by atoms with E-state index in [1.807, 2.05) is 0 Å². The summed E-state index contributed by atoms with van der Waals surface area (Å²) in [6.45, 7) is 0. The zero-order valence-electron chi connectivity index (χ0n) is 13.9. The molecule has 2 heteroatoms. The third-order valence-corrected chi connectivity index (χ3v) is 5.83. The normalized spacial score (nSPS) is 22.0. The summed E-state index contributed by atoms with van der Waals surface area (Å²) in [7, 11) is 0. The molecule has 1 saturated carbocycles. The van der Waals surface area contributed by atoms with Crippen molar-refractivity contribution in [3.63, 3.8) is 0 Å². The van der Waals surface area contributed by atoms with Gasteiger partial charge in [0.25, 0.3) is 0 Å². The van der Waals surface area contributed by atoms with E-state index in [2.05, 4.69) is 71.6 Å². The van der Waals surface area contributed by atoms with Crippen LogP contribution in [0.5, 0.6) is 0 Å². The van der Waals surface area contributed by atoms with Crippen LogP contribution in [0, 0.1) is 0 Å². The molecule has 0 N–H and O–H groups in total. The summed E-state index contributed by atoms with van der Waals surface area (Å²) in [6, 6.07) is 24.2. The molecule has 24 heavy (non-hydrogen) atoms. The molecule has 0 bridgehead atoms. The van der Waals surface area contributed by atoms with Crippen molar-refractivity contribution >= 4 is 16.6 Å². The first-order chi connectivity index (χ1) is 11.9. The third kappa shape index (κ3) is 2.06. The molecule has 2 fully saturated rings. The quantitative estimate of drug-likeness (QED) is 0.581. The molecule has 2 aromatic carbocycles. The van der Waals surface area contributed by atoms with Crippen LogP contribution in [-0.2, 0) is 0 Å². The largest absolute Gasteiger partial charge is 0.352 e. The van der Waals surface area contributed by atoms with E-state index in [4.69, 9.17) is 4.98 Å². The molecular weight excluding hydrogens is 292 g/mol. The number of hydrogen-bond acceptors (Lipinski definition) is 2. The Balaban J connectivity index is 1.59. The van der Waals surface area contributed by atoms with Crippen LogP contribution >= 0.6 is 0 Å². The molecule has 0 radical (unpaired) electrons. The third-order valence-electron chi connectivity index (χ3n) is 5.83. The lowest BCUT2D eigenvalue weighted by Gasteiger charge is -2.22. The molecule has 1 atom stereocenters. The van der Waals surface area contributed by atoms with Gasteiger partial charge in [-0.25, -0.2) is 0 Å². The lowest BCUT2D eigenvalue weighted by molar-refractivity contribution is 0.407. The van der Waals surface area contributed by atoms with E-state index in [1.165, 1.54) is 48.9 Å². The Kier molecular flexibility index (Phi) is 3.12. The van der Waals surface area contributed by atoms with E-state index in [1.54, 1.807) is 0 Å². The highest BCUT2D eigenvalue weighted by Gasteiger charge is 2.63. The summed E-state index contributed by atoms with van der Waals surface area (Å²) in [4.78, 5) is 7.65. The molecule has 1 aromatic heterocycles. The van der Waals surface area contributed by atoms with Gasteiger partial charge in [-0.15, -0.1) is 0 Å². The number of fused-ring (bicyclic) bond motifs is 1. The fraction of sp³-hybridized carbons (Fsp3) is 0.318. The number of benzene rings is 2. The van der Waals surface area contributed by atoms with E-state index in [-0.39, 0.29) is 0 Å². The Morgan fingerprint density at radius 1 is 0.792 bits per heavy atom. The first kappa shape index (κ1) is 14.0. The van der Waals surface area contributed by atoms with Gasteiger partial charge in [-0.3, -0.25) is 4.98 Å². The number of anilines is 1. The van der Waals surface area contributed by atoms with Gasteiger partial charge in [-0.2, -0.15) is 0 Å². The standard InChI is InChI=1S/C22H22N2/c1-3-10-18(11-4-1)24-21(22(24)15-7-2-8-16-22)20-14-13-17-9-5-6-12-19(17)23-20/h1,3-6,9-14,21H,2,7-8,15-16H2. The average molecular weight is 314 g/mol. The fourth-order valence-corrected chi connectivity index (χ4v) is 4.69. The van der Waals surface area contributed by atoms with Gasteiger partial charge in [-0.05, 0) is 37.1 Å². The first-order valence-corrected chi connectivity index (χ1v) is 9.09. The maximum absolute atomic E-state index is 5.02. The van der Waals surface area contributed by atoms with Crippen LogP contribution in [0.25, 0.3) is 10.9 Å². The van der Waals surface area contributed by atoms with E-state index in [0.717, 1.165) is 5.52 Å². The van der Waals surface area contributed by atoms with Crippen LogP contribution < -0.4 is 4.90 Å². The van der Waals surface area contributed by atoms with Crippen LogP contribution in [0.3, 0.4) is 0 Å². The van der Waals surface area contributed by atoms with Gasteiger partial charge < -0.3 is 4.90 Å². The van der Waals surface area contributed by atoms with Crippen LogP contribution in [-0.4, -0.2) is 10.5 Å². The number of para-hydroxylation sites is 2. The van der Waals surface area contributed by atoms with Crippen LogP contribution in [0.2, 0.25) is 0 Å². The van der Waals surface area contributed by atoms with Crippen molar-refractivity contribution in [1.82, 2.24) is 4.98 Å². The molecule has 120 valence electrons. The van der Waals surface area contributed by atoms with Crippen molar-refractivity contribution in [2.45, 2.75) is 43.7 Å². The van der Waals surface area contributed by atoms with Crippen molar-refractivity contribution < 1.29 is 0 Å². The van der Waals surface area contributed by atoms with Crippen LogP contribution in [0.1, 0.15) is 43.8 Å². The molecule has 1 aliphatic heterocycles. The number of hydrogen-bond donors (Lipinski definition) is 0. The molecule has 1 unspecified atom stereocenters. The molecule has 1 spiro atoms. The summed E-state index contributed by atoms with van der Waals surface area (Å²) in [6.07, 6.45) is 6.64. The summed E-state index contributed by atoms with van der Waals surface area (Å²) in [5.74, 6) is 0. The highest BCUT2D eigenvalue weighted by atomic mass is 15.4. The highest BCUT2D eigenvalue weighted by molar-refractivity contribution is 5.79. The van der Waals surface area contributed by atoms with Gasteiger partial charge in [0.2, 0.25) is 0 Å². The van der Waals surface area contributed by atoms with Crippen LogP contribution in [0.15, 0.2) is 66.7 Å². The Morgan fingerprint density at radius 3 is 2.38 bits per heavy atom. The predicted molar refractivity (Wildman–Crippen MR) is 99.2 cm³/mol. The van der Waals surface area contributed by atoms with E-state index >= 15 is 0 Å². The minimum absolute atomic E-state index is 0.301. The second-order valence-corrected chi connectivity index (χ2v) is 7.20. The Bertz CT molecular complexity index is 865. The van der Waals surface area contributed by atoms with E-state index in [9.17, 15) is 0 Å². The molecule has 2 heterocycles. The molecule has 2 aliphatic rings. The molecule has 1 aliphatic carbocycles. The SMILES string of the molecule is c1ccc(N2C(c3ccc4ccccc4n3)C23CCCCC3)cc1. The van der Waals surface area contributed by atoms with E-state index < -0.39 is 0 Å². The average Bonchev–Trinajstić information content (AvgIpc) is 3.29. The van der Waals surface area contributed by atoms with Gasteiger partial charge >= 0.3 is 0 Å². The van der Waals surface area contributed by atoms with Gasteiger partial charge in [0, 0.05) is 11.1 Å². The molecule has 1 saturated heterocycles. The number of nitrogens with zero attached hydrogens (tertiary/aromatic N) is 2. The number of aromatic nitrogens is 1. The maximum Gasteiger partial charge on any atom is 0.0952 e. The number of pyridine rings is 1. The smallest absolute Gasteiger partial charge is 0.0952 e. The predicted octanol–water partition coefficient (Wildman–Crippen LogP) is 5.50. The lowest BCUT2D eigenvalue weighted by Crippen LogP contribution is -2.22. The van der Waals surface area contributed by atoms with Gasteiger partial charge in [0.1, 0.15) is 0 Å². The van der Waals surface area contributed by atoms with Gasteiger partial charge in [-0.1, -0.05) is 61.7 Å². The molecule has 5 rings (SSSR count). The molecular formula is C22H22N2. The molecule has 3 aromatic rings. The molecule has 2 nitrogen and oxygen atoms in total. The summed E-state index contributed by atoms with van der Waals surface area (Å²) < 4.78 is 0. The Morgan fingerprint density at radius 2 is 1.54 bits per heavy atom. The fourth-order valence-electron chi connectivity index (χ4n) is 4.69. The first-order valence-electron chi connectivity index (χ1n) is 9.09. The lowest BCUT2D eigenvalue weighted by atomic mass is 9.85. The zero-order chi connectivity index (χ0) is 16.0. The van der Waals surface area contributed by atoms with Crippen LogP contribution in [0.4, 0.5) is 5.69 Å². The summed E-state index contributed by atoms with van der Waals surface area (Å²) in [5, 5.41) is 1.23. The topological polar surface area (TPSA) is 15.9 Å². The van der Waals surface area contributed by atoms with Crippen molar-refractivity contribution in [3.05, 3.63) is 72.4 Å². The Hall–Kier alpha value is -2.35. The summed E-state index contributed by atoms with van der Waals surface area (Å²) >= 11 is 0. The van der Waals surface area contributed by atoms with E-state index in [0.29, 0.717) is 11.6 Å². The highest BCUT2D eigenvalue weighted by Crippen LogP contribution is 2.61. The van der Waals surface area contributed by atoms with Crippen molar-refractivity contribution in [1.29, 1.82) is 0 Å². The minimum atomic E-state index is 0.301. The second-order valence-electron chi connectivity index (χ2n) is 7.20. The Labute approximate surface area is 143 Å². The monoisotopic (exact) mass is 314 g/mol. The number of rotatable bonds is 2. The van der Waals surface area contributed by atoms with Gasteiger partial charge in [0.15, 0.2) is 0 Å². The van der Waals surface area contributed by atoms with Gasteiger partial charge in [0.05, 0.1) is 22.8 Å².